The van der Waals surface area contributed by atoms with Crippen LogP contribution in [0.25, 0.3) is 0 Å². The lowest BCUT2D eigenvalue weighted by Crippen LogP contribution is -2.49. The van der Waals surface area contributed by atoms with Gasteiger partial charge in [0.1, 0.15) is 4.32 Å². The zero-order chi connectivity index (χ0) is 13.8. The molecule has 0 radical (unpaired) electrons. The summed E-state index contributed by atoms with van der Waals surface area (Å²) in [5.41, 5.74) is 1.74. The number of hydrogen-bond donors (Lipinski definition) is 0. The largest absolute Gasteiger partial charge is 0.319 e. The first kappa shape index (κ1) is 13.4. The number of aryl methyl sites for hydroxylation is 1. The van der Waals surface area contributed by atoms with E-state index >= 15 is 0 Å². The monoisotopic (exact) mass is 313 g/mol. The highest BCUT2D eigenvalue weighted by Crippen LogP contribution is 2.48. The van der Waals surface area contributed by atoms with Gasteiger partial charge < -0.3 is 4.90 Å². The Morgan fingerprint density at radius 2 is 2.21 bits per heavy atom. The average molecular weight is 313 g/mol. The van der Waals surface area contributed by atoms with E-state index in [2.05, 4.69) is 6.07 Å². The number of hydrogen-bond acceptors (Lipinski definition) is 4. The Bertz CT molecular complexity index is 656. The molecule has 102 valence electrons. The summed E-state index contributed by atoms with van der Waals surface area (Å²) in [5.74, 6) is 0.419. The quantitative estimate of drug-likeness (QED) is 0.744. The van der Waals surface area contributed by atoms with Crippen molar-refractivity contribution in [2.75, 3.05) is 16.4 Å². The molecule has 2 unspecified atom stereocenters. The summed E-state index contributed by atoms with van der Waals surface area (Å²) in [6.07, 6.45) is 0. The molecule has 3 rings (SSSR count). The van der Waals surface area contributed by atoms with Gasteiger partial charge in [0.15, 0.2) is 9.84 Å². The number of nitrogens with zero attached hydrogens (tertiary/aromatic N) is 1. The van der Waals surface area contributed by atoms with Crippen LogP contribution >= 0.6 is 24.0 Å². The number of thiocarbonyl (C=S) groups is 1. The minimum absolute atomic E-state index is 0.0468. The van der Waals surface area contributed by atoms with E-state index in [1.165, 1.54) is 11.8 Å². The summed E-state index contributed by atoms with van der Waals surface area (Å²) in [5, 5.41) is 0.0468. The minimum Gasteiger partial charge on any atom is -0.319 e. The number of sulfone groups is 1. The Hall–Kier alpha value is -0.590. The van der Waals surface area contributed by atoms with Crippen molar-refractivity contribution in [1.29, 1.82) is 0 Å². The second-order valence-electron chi connectivity index (χ2n) is 5.46. The smallest absolute Gasteiger partial charge is 0.153 e. The van der Waals surface area contributed by atoms with E-state index in [-0.39, 0.29) is 16.8 Å². The van der Waals surface area contributed by atoms with E-state index in [1.54, 1.807) is 0 Å². The molecule has 0 aromatic heterocycles. The standard InChI is InChI=1S/C13H15NO2S3/c1-9-4-3-5-10(6-9)14-12(17)18-11-7-19(15,16)8-13(11,14)2/h3-6,11H,7-8H2,1-2H3. The van der Waals surface area contributed by atoms with Crippen LogP contribution in [0.2, 0.25) is 0 Å². The van der Waals surface area contributed by atoms with Gasteiger partial charge in [-0.15, -0.1) is 0 Å². The van der Waals surface area contributed by atoms with Crippen molar-refractivity contribution < 1.29 is 8.42 Å². The molecule has 0 amide bonds. The van der Waals surface area contributed by atoms with Crippen LogP contribution in [-0.2, 0) is 9.84 Å². The zero-order valence-corrected chi connectivity index (χ0v) is 13.2. The van der Waals surface area contributed by atoms with Crippen LogP contribution in [0.3, 0.4) is 0 Å². The summed E-state index contributed by atoms with van der Waals surface area (Å²) in [6.45, 7) is 4.04. The molecule has 0 bridgehead atoms. The lowest BCUT2D eigenvalue weighted by atomic mass is 9.98. The Morgan fingerprint density at radius 3 is 2.89 bits per heavy atom. The van der Waals surface area contributed by atoms with Gasteiger partial charge in [0.2, 0.25) is 0 Å². The second-order valence-corrected chi connectivity index (χ2v) is 9.40. The maximum absolute atomic E-state index is 11.9. The third kappa shape index (κ3) is 2.10. The van der Waals surface area contributed by atoms with E-state index in [4.69, 9.17) is 12.2 Å². The summed E-state index contributed by atoms with van der Waals surface area (Å²) in [4.78, 5) is 2.04. The highest BCUT2D eigenvalue weighted by atomic mass is 32.2. The predicted molar refractivity (Wildman–Crippen MR) is 84.7 cm³/mol. The van der Waals surface area contributed by atoms with Crippen molar-refractivity contribution in [3.63, 3.8) is 0 Å². The maximum Gasteiger partial charge on any atom is 0.153 e. The van der Waals surface area contributed by atoms with Crippen molar-refractivity contribution in [1.82, 2.24) is 0 Å². The maximum atomic E-state index is 11.9. The highest BCUT2D eigenvalue weighted by Gasteiger charge is 2.57. The fourth-order valence-corrected chi connectivity index (χ4v) is 7.85. The molecule has 1 aromatic carbocycles. The van der Waals surface area contributed by atoms with Crippen LogP contribution in [0.1, 0.15) is 12.5 Å². The highest BCUT2D eigenvalue weighted by molar-refractivity contribution is 8.24. The molecule has 2 heterocycles. The third-order valence-electron chi connectivity index (χ3n) is 3.81. The fraction of sp³-hybridized carbons (Fsp3) is 0.462. The molecular weight excluding hydrogens is 298 g/mol. The fourth-order valence-electron chi connectivity index (χ4n) is 2.93. The second kappa shape index (κ2) is 4.20. The van der Waals surface area contributed by atoms with Gasteiger partial charge in [0.05, 0.1) is 22.3 Å². The Balaban J connectivity index is 2.08. The van der Waals surface area contributed by atoms with Crippen molar-refractivity contribution in [2.45, 2.75) is 24.6 Å². The van der Waals surface area contributed by atoms with E-state index in [9.17, 15) is 8.42 Å². The Labute approximate surface area is 123 Å². The van der Waals surface area contributed by atoms with Crippen LogP contribution < -0.4 is 4.90 Å². The van der Waals surface area contributed by atoms with Gasteiger partial charge in [-0.05, 0) is 31.5 Å². The molecule has 0 aliphatic carbocycles. The summed E-state index contributed by atoms with van der Waals surface area (Å²) < 4.78 is 24.6. The van der Waals surface area contributed by atoms with Crippen LogP contribution in [0.15, 0.2) is 24.3 Å². The molecule has 0 spiro atoms. The van der Waals surface area contributed by atoms with Gasteiger partial charge in [-0.25, -0.2) is 8.42 Å². The normalized spacial score (nSPS) is 32.6. The molecule has 6 heteroatoms. The van der Waals surface area contributed by atoms with E-state index in [0.717, 1.165) is 15.6 Å². The van der Waals surface area contributed by atoms with Gasteiger partial charge in [-0.3, -0.25) is 0 Å². The molecule has 2 fully saturated rings. The summed E-state index contributed by atoms with van der Waals surface area (Å²) in [7, 11) is -2.96. The van der Waals surface area contributed by atoms with Crippen LogP contribution in [0.4, 0.5) is 5.69 Å². The first-order chi connectivity index (χ1) is 8.82. The zero-order valence-electron chi connectivity index (χ0n) is 10.8. The Morgan fingerprint density at radius 1 is 1.47 bits per heavy atom. The molecule has 0 saturated carbocycles. The number of fused-ring (bicyclic) bond motifs is 1. The molecule has 0 N–H and O–H groups in total. The van der Waals surface area contributed by atoms with Gasteiger partial charge in [-0.2, -0.15) is 0 Å². The molecular formula is C13H15NO2S3. The summed E-state index contributed by atoms with van der Waals surface area (Å²) in [6, 6.07) is 8.07. The molecule has 1 aromatic rings. The van der Waals surface area contributed by atoms with Crippen LogP contribution in [-0.4, -0.2) is 35.0 Å². The topological polar surface area (TPSA) is 37.4 Å². The number of anilines is 1. The number of rotatable bonds is 1. The van der Waals surface area contributed by atoms with Gasteiger partial charge in [-0.1, -0.05) is 36.1 Å². The van der Waals surface area contributed by atoms with Gasteiger partial charge in [0.25, 0.3) is 0 Å². The molecule has 19 heavy (non-hydrogen) atoms. The van der Waals surface area contributed by atoms with Gasteiger partial charge in [0, 0.05) is 5.69 Å². The third-order valence-corrected chi connectivity index (χ3v) is 7.70. The lowest BCUT2D eigenvalue weighted by Gasteiger charge is -2.34. The number of benzene rings is 1. The molecule has 2 aliphatic heterocycles. The molecule has 3 nitrogen and oxygen atoms in total. The van der Waals surface area contributed by atoms with Crippen LogP contribution in [0.5, 0.6) is 0 Å². The first-order valence-electron chi connectivity index (χ1n) is 6.10. The predicted octanol–water partition coefficient (Wildman–Crippen LogP) is 2.39. The minimum atomic E-state index is -2.96. The SMILES string of the molecule is Cc1cccc(N2C(=S)SC3CS(=O)(=O)CC32C)c1. The molecule has 2 atom stereocenters. The number of thioether (sulfide) groups is 1. The Kier molecular flexibility index (Phi) is 2.96. The molecule has 2 aliphatic rings. The van der Waals surface area contributed by atoms with Crippen molar-refractivity contribution in [3.05, 3.63) is 29.8 Å². The van der Waals surface area contributed by atoms with Crippen molar-refractivity contribution in [3.8, 4) is 0 Å². The van der Waals surface area contributed by atoms with E-state index < -0.39 is 15.4 Å². The summed E-state index contributed by atoms with van der Waals surface area (Å²) >= 11 is 6.99. The lowest BCUT2D eigenvalue weighted by molar-refractivity contribution is 0.550. The van der Waals surface area contributed by atoms with Crippen molar-refractivity contribution in [2.24, 2.45) is 0 Å². The van der Waals surface area contributed by atoms with E-state index in [1.807, 2.05) is 36.9 Å². The van der Waals surface area contributed by atoms with Gasteiger partial charge >= 0.3 is 0 Å². The molecule has 2 saturated heterocycles. The average Bonchev–Trinajstić information content (AvgIpc) is 2.60. The van der Waals surface area contributed by atoms with Crippen molar-refractivity contribution >= 4 is 43.8 Å². The van der Waals surface area contributed by atoms with E-state index in [0.29, 0.717) is 0 Å². The first-order valence-corrected chi connectivity index (χ1v) is 9.21. The van der Waals surface area contributed by atoms with Crippen LogP contribution in [0, 0.1) is 6.92 Å².